The van der Waals surface area contributed by atoms with Gasteiger partial charge in [-0.1, -0.05) is 24.3 Å². The van der Waals surface area contributed by atoms with E-state index in [0.29, 0.717) is 24.4 Å². The van der Waals surface area contributed by atoms with Gasteiger partial charge in [-0.15, -0.1) is 0 Å². The van der Waals surface area contributed by atoms with Gasteiger partial charge >= 0.3 is 0 Å². The summed E-state index contributed by atoms with van der Waals surface area (Å²) >= 11 is 2.20. The van der Waals surface area contributed by atoms with E-state index in [1.165, 1.54) is 10.6 Å². The van der Waals surface area contributed by atoms with Crippen LogP contribution >= 0.6 is 22.6 Å². The van der Waals surface area contributed by atoms with Gasteiger partial charge < -0.3 is 10.1 Å². The minimum Gasteiger partial charge on any atom is -0.492 e. The minimum absolute atomic E-state index is 0.187. The zero-order valence-electron chi connectivity index (χ0n) is 18.8. The molecule has 0 fully saturated rings. The SMILES string of the molecule is Cc1cccc(OCCNC(=O)c2ccc(CN(c3ccc(I)cc3C)S(C)(=O)=O)cc2)c1. The fourth-order valence-electron chi connectivity index (χ4n) is 3.35. The first kappa shape index (κ1) is 25.0. The molecule has 3 aromatic carbocycles. The average molecular weight is 578 g/mol. The number of rotatable bonds is 9. The Balaban J connectivity index is 1.60. The second kappa shape index (κ2) is 11.0. The van der Waals surface area contributed by atoms with Gasteiger partial charge in [-0.05, 0) is 95.6 Å². The number of hydrogen-bond acceptors (Lipinski definition) is 4. The lowest BCUT2D eigenvalue weighted by atomic mass is 10.1. The molecule has 0 bridgehead atoms. The maximum Gasteiger partial charge on any atom is 0.251 e. The monoisotopic (exact) mass is 578 g/mol. The van der Waals surface area contributed by atoms with Gasteiger partial charge in [-0.2, -0.15) is 0 Å². The molecule has 174 valence electrons. The van der Waals surface area contributed by atoms with Crippen LogP contribution in [0.4, 0.5) is 5.69 Å². The molecule has 1 N–H and O–H groups in total. The number of carbonyl (C=O) groups excluding carboxylic acids is 1. The molecule has 8 heteroatoms. The Labute approximate surface area is 209 Å². The molecular weight excluding hydrogens is 551 g/mol. The summed E-state index contributed by atoms with van der Waals surface area (Å²) < 4.78 is 33.0. The van der Waals surface area contributed by atoms with E-state index in [0.717, 1.165) is 26.0 Å². The Bertz CT molecular complexity index is 1230. The molecule has 33 heavy (non-hydrogen) atoms. The topological polar surface area (TPSA) is 75.7 Å². The van der Waals surface area contributed by atoms with Crippen molar-refractivity contribution in [2.45, 2.75) is 20.4 Å². The lowest BCUT2D eigenvalue weighted by Gasteiger charge is -2.24. The number of benzene rings is 3. The van der Waals surface area contributed by atoms with Crippen LogP contribution in [0, 0.1) is 17.4 Å². The molecule has 0 atom stereocenters. The number of ether oxygens (including phenoxy) is 1. The summed E-state index contributed by atoms with van der Waals surface area (Å²) in [5, 5.41) is 2.84. The van der Waals surface area contributed by atoms with Crippen LogP contribution in [0.5, 0.6) is 5.75 Å². The lowest BCUT2D eigenvalue weighted by Crippen LogP contribution is -2.30. The number of nitrogens with one attached hydrogen (secondary N) is 1. The fourth-order valence-corrected chi connectivity index (χ4v) is 4.94. The van der Waals surface area contributed by atoms with Crippen LogP contribution in [0.25, 0.3) is 0 Å². The molecule has 0 saturated heterocycles. The molecular formula is C25H27IN2O4S. The number of hydrogen-bond donors (Lipinski definition) is 1. The van der Waals surface area contributed by atoms with Crippen molar-refractivity contribution in [3.8, 4) is 5.75 Å². The third-order valence-electron chi connectivity index (χ3n) is 5.02. The quantitative estimate of drug-likeness (QED) is 0.296. The number of nitrogens with zero attached hydrogens (tertiary/aromatic N) is 1. The third-order valence-corrected chi connectivity index (χ3v) is 6.81. The number of anilines is 1. The maximum absolute atomic E-state index is 12.5. The Kier molecular flexibility index (Phi) is 8.36. The van der Waals surface area contributed by atoms with Gasteiger partial charge in [0, 0.05) is 9.13 Å². The van der Waals surface area contributed by atoms with Crippen molar-refractivity contribution in [3.63, 3.8) is 0 Å². The first-order chi connectivity index (χ1) is 15.6. The molecule has 0 unspecified atom stereocenters. The Morgan fingerprint density at radius 2 is 1.76 bits per heavy atom. The van der Waals surface area contributed by atoms with Crippen LogP contribution in [0.3, 0.4) is 0 Å². The molecule has 0 saturated carbocycles. The van der Waals surface area contributed by atoms with Crippen molar-refractivity contribution in [1.29, 1.82) is 0 Å². The average Bonchev–Trinajstić information content (AvgIpc) is 2.75. The molecule has 1 amide bonds. The summed E-state index contributed by atoms with van der Waals surface area (Å²) in [6.07, 6.45) is 1.20. The highest BCUT2D eigenvalue weighted by molar-refractivity contribution is 14.1. The molecule has 0 aliphatic carbocycles. The number of amides is 1. The normalized spacial score (nSPS) is 11.2. The molecule has 3 rings (SSSR count). The third kappa shape index (κ3) is 7.20. The predicted octanol–water partition coefficient (Wildman–Crippen LogP) is 4.68. The van der Waals surface area contributed by atoms with E-state index in [-0.39, 0.29) is 12.5 Å². The van der Waals surface area contributed by atoms with Gasteiger partial charge in [-0.25, -0.2) is 8.42 Å². The van der Waals surface area contributed by atoms with Crippen molar-refractivity contribution >= 4 is 44.2 Å². The highest BCUT2D eigenvalue weighted by Crippen LogP contribution is 2.26. The standard InChI is InChI=1S/C25H27IN2O4S/c1-18-5-4-6-23(15-18)32-14-13-27-25(29)21-9-7-20(8-10-21)17-28(33(3,30)31)24-12-11-22(26)16-19(24)2/h4-12,15-16H,13-14,17H2,1-3H3,(H,27,29). The number of carbonyl (C=O) groups is 1. The van der Waals surface area contributed by atoms with Gasteiger partial charge in [0.15, 0.2) is 0 Å². The largest absolute Gasteiger partial charge is 0.492 e. The number of halogens is 1. The van der Waals surface area contributed by atoms with E-state index < -0.39 is 10.0 Å². The van der Waals surface area contributed by atoms with Gasteiger partial charge in [0.1, 0.15) is 12.4 Å². The van der Waals surface area contributed by atoms with Crippen molar-refractivity contribution < 1.29 is 17.9 Å². The first-order valence-corrected chi connectivity index (χ1v) is 13.4. The van der Waals surface area contributed by atoms with Crippen LogP contribution in [0.1, 0.15) is 27.0 Å². The molecule has 3 aromatic rings. The van der Waals surface area contributed by atoms with Crippen molar-refractivity contribution in [2.24, 2.45) is 0 Å². The predicted molar refractivity (Wildman–Crippen MR) is 140 cm³/mol. The summed E-state index contributed by atoms with van der Waals surface area (Å²) in [5.41, 5.74) is 3.94. The van der Waals surface area contributed by atoms with E-state index in [9.17, 15) is 13.2 Å². The second-order valence-corrected chi connectivity index (χ2v) is 11.0. The Morgan fingerprint density at radius 1 is 1.03 bits per heavy atom. The van der Waals surface area contributed by atoms with Crippen molar-refractivity contribution in [1.82, 2.24) is 5.32 Å². The summed E-state index contributed by atoms with van der Waals surface area (Å²) in [6, 6.07) is 20.4. The number of sulfonamides is 1. The molecule has 0 spiro atoms. The van der Waals surface area contributed by atoms with Gasteiger partial charge in [0.25, 0.3) is 5.91 Å². The summed E-state index contributed by atoms with van der Waals surface area (Å²) in [4.78, 5) is 12.4. The van der Waals surface area contributed by atoms with Crippen molar-refractivity contribution in [2.75, 3.05) is 23.7 Å². The summed E-state index contributed by atoms with van der Waals surface area (Å²) in [6.45, 7) is 4.82. The number of aryl methyl sites for hydroxylation is 2. The van der Waals surface area contributed by atoms with Gasteiger partial charge in [-0.3, -0.25) is 9.10 Å². The van der Waals surface area contributed by atoms with Crippen molar-refractivity contribution in [3.05, 3.63) is 92.6 Å². The van der Waals surface area contributed by atoms with E-state index in [2.05, 4.69) is 27.9 Å². The van der Waals surface area contributed by atoms with Crippen LogP contribution < -0.4 is 14.4 Å². The molecule has 0 radical (unpaired) electrons. The smallest absolute Gasteiger partial charge is 0.251 e. The summed E-state index contributed by atoms with van der Waals surface area (Å²) in [5.74, 6) is 0.565. The van der Waals surface area contributed by atoms with Crippen LogP contribution in [-0.4, -0.2) is 33.7 Å². The molecule has 0 aromatic heterocycles. The zero-order valence-corrected chi connectivity index (χ0v) is 21.8. The minimum atomic E-state index is -3.48. The summed E-state index contributed by atoms with van der Waals surface area (Å²) in [7, 11) is -3.48. The van der Waals surface area contributed by atoms with E-state index >= 15 is 0 Å². The maximum atomic E-state index is 12.5. The van der Waals surface area contributed by atoms with E-state index in [1.54, 1.807) is 24.3 Å². The fraction of sp³-hybridized carbons (Fsp3) is 0.240. The van der Waals surface area contributed by atoms with Crippen LogP contribution in [0.15, 0.2) is 66.7 Å². The van der Waals surface area contributed by atoms with Gasteiger partial charge in [0.05, 0.1) is 25.0 Å². The second-order valence-electron chi connectivity index (χ2n) is 7.82. The molecule has 6 nitrogen and oxygen atoms in total. The first-order valence-electron chi connectivity index (χ1n) is 10.4. The van der Waals surface area contributed by atoms with Crippen LogP contribution in [0.2, 0.25) is 0 Å². The van der Waals surface area contributed by atoms with Crippen LogP contribution in [-0.2, 0) is 16.6 Å². The zero-order chi connectivity index (χ0) is 24.0. The Morgan fingerprint density at radius 3 is 2.39 bits per heavy atom. The highest BCUT2D eigenvalue weighted by Gasteiger charge is 2.20. The highest BCUT2D eigenvalue weighted by atomic mass is 127. The molecule has 0 heterocycles. The van der Waals surface area contributed by atoms with E-state index in [1.807, 2.05) is 56.3 Å². The molecule has 0 aliphatic rings. The van der Waals surface area contributed by atoms with E-state index in [4.69, 9.17) is 4.74 Å². The van der Waals surface area contributed by atoms with Gasteiger partial charge in [0.2, 0.25) is 10.0 Å². The lowest BCUT2D eigenvalue weighted by molar-refractivity contribution is 0.0947. The Hall–Kier alpha value is -2.59. The molecule has 0 aliphatic heterocycles.